The molecule has 0 amide bonds. The first kappa shape index (κ1) is 27.3. The molecule has 0 heterocycles. The summed E-state index contributed by atoms with van der Waals surface area (Å²) in [6.07, 6.45) is 43.2. The zero-order chi connectivity index (χ0) is 24.3. The summed E-state index contributed by atoms with van der Waals surface area (Å²) >= 11 is 0. The van der Waals surface area contributed by atoms with Crippen LogP contribution in [0.5, 0.6) is 0 Å². The van der Waals surface area contributed by atoms with Crippen molar-refractivity contribution < 1.29 is 0 Å². The largest absolute Gasteiger partial charge is 0.0851 e. The second-order valence-corrected chi connectivity index (χ2v) is 13.2. The molecular formula is C35H58. The number of allylic oxidation sites excluding steroid dienone is 6. The van der Waals surface area contributed by atoms with E-state index in [4.69, 9.17) is 0 Å². The van der Waals surface area contributed by atoms with Crippen molar-refractivity contribution >= 4 is 0 Å². The standard InChI is InChI=1S/C35H58/c1-3-5-6-7-29-12-14-31(15-13-29)17-19-33-22-26-35(27-23-33)34-24-20-32(21-25-34)18-16-30-10-8-28(4-2)9-11-30/h16-19,22,26,28-35H,3-15,20-21,23-25,27H2,1-2H3. The number of unbranched alkanes of at least 4 members (excludes halogenated alkanes) is 2. The van der Waals surface area contributed by atoms with Gasteiger partial charge in [0.1, 0.15) is 0 Å². The van der Waals surface area contributed by atoms with Crippen LogP contribution in [-0.4, -0.2) is 0 Å². The smallest absolute Gasteiger partial charge is 0.00531 e. The topological polar surface area (TPSA) is 0 Å². The van der Waals surface area contributed by atoms with Crippen LogP contribution in [0.25, 0.3) is 0 Å². The van der Waals surface area contributed by atoms with Gasteiger partial charge in [0.15, 0.2) is 0 Å². The van der Waals surface area contributed by atoms with Gasteiger partial charge in [-0.25, -0.2) is 0 Å². The highest BCUT2D eigenvalue weighted by Crippen LogP contribution is 2.40. The van der Waals surface area contributed by atoms with Gasteiger partial charge in [0.25, 0.3) is 0 Å². The van der Waals surface area contributed by atoms with Gasteiger partial charge in [0, 0.05) is 0 Å². The van der Waals surface area contributed by atoms with Crippen molar-refractivity contribution in [3.05, 3.63) is 36.5 Å². The first-order valence-electron chi connectivity index (χ1n) is 16.3. The minimum atomic E-state index is 0.718. The van der Waals surface area contributed by atoms with Crippen LogP contribution in [0.3, 0.4) is 0 Å². The molecule has 0 aromatic carbocycles. The van der Waals surface area contributed by atoms with Gasteiger partial charge in [-0.2, -0.15) is 0 Å². The van der Waals surface area contributed by atoms with Crippen molar-refractivity contribution in [2.75, 3.05) is 0 Å². The van der Waals surface area contributed by atoms with Crippen LogP contribution in [0, 0.1) is 47.3 Å². The maximum absolute atomic E-state index is 2.64. The molecule has 0 nitrogen and oxygen atoms in total. The first-order chi connectivity index (χ1) is 17.2. The Kier molecular flexibility index (Phi) is 11.6. The van der Waals surface area contributed by atoms with E-state index in [2.05, 4.69) is 50.3 Å². The second-order valence-electron chi connectivity index (χ2n) is 13.2. The van der Waals surface area contributed by atoms with E-state index in [1.807, 2.05) is 0 Å². The highest BCUT2D eigenvalue weighted by Gasteiger charge is 2.28. The first-order valence-corrected chi connectivity index (χ1v) is 16.3. The quantitative estimate of drug-likeness (QED) is 0.216. The summed E-state index contributed by atoms with van der Waals surface area (Å²) in [4.78, 5) is 0. The molecule has 3 fully saturated rings. The van der Waals surface area contributed by atoms with Gasteiger partial charge in [-0.1, -0.05) is 82.4 Å². The van der Waals surface area contributed by atoms with Crippen molar-refractivity contribution in [3.63, 3.8) is 0 Å². The highest BCUT2D eigenvalue weighted by molar-refractivity contribution is 5.09. The molecule has 0 aromatic rings. The van der Waals surface area contributed by atoms with Crippen molar-refractivity contribution in [2.45, 2.75) is 136 Å². The Morgan fingerprint density at radius 2 is 1.11 bits per heavy atom. The van der Waals surface area contributed by atoms with E-state index in [1.54, 1.807) is 0 Å². The predicted molar refractivity (Wildman–Crippen MR) is 154 cm³/mol. The number of rotatable bonds is 10. The van der Waals surface area contributed by atoms with Crippen molar-refractivity contribution in [1.29, 1.82) is 0 Å². The van der Waals surface area contributed by atoms with Gasteiger partial charge in [-0.05, 0) is 137 Å². The van der Waals surface area contributed by atoms with E-state index in [0.29, 0.717) is 0 Å². The molecule has 35 heavy (non-hydrogen) atoms. The average molecular weight is 479 g/mol. The molecule has 3 saturated carbocycles. The number of hydrogen-bond acceptors (Lipinski definition) is 0. The summed E-state index contributed by atoms with van der Waals surface area (Å²) in [5, 5.41) is 0. The van der Waals surface area contributed by atoms with Crippen LogP contribution < -0.4 is 0 Å². The van der Waals surface area contributed by atoms with E-state index in [0.717, 1.165) is 47.3 Å². The molecule has 0 bridgehead atoms. The molecule has 0 radical (unpaired) electrons. The lowest BCUT2D eigenvalue weighted by Crippen LogP contribution is -2.22. The average Bonchev–Trinajstić information content (AvgIpc) is 2.92. The third kappa shape index (κ3) is 8.93. The van der Waals surface area contributed by atoms with Crippen molar-refractivity contribution in [3.8, 4) is 0 Å². The van der Waals surface area contributed by atoms with Crippen LogP contribution in [0.2, 0.25) is 0 Å². The molecule has 0 N–H and O–H groups in total. The Labute approximate surface area is 219 Å². The van der Waals surface area contributed by atoms with E-state index >= 15 is 0 Å². The van der Waals surface area contributed by atoms with Crippen molar-refractivity contribution in [2.24, 2.45) is 47.3 Å². The van der Waals surface area contributed by atoms with Crippen LogP contribution >= 0.6 is 0 Å². The lowest BCUT2D eigenvalue weighted by molar-refractivity contribution is 0.234. The van der Waals surface area contributed by atoms with Gasteiger partial charge in [0.05, 0.1) is 0 Å². The summed E-state index contributed by atoms with van der Waals surface area (Å²) in [6.45, 7) is 4.70. The summed E-state index contributed by atoms with van der Waals surface area (Å²) in [5.74, 6) is 7.24. The Bertz CT molecular complexity index is 644. The van der Waals surface area contributed by atoms with Crippen LogP contribution in [0.1, 0.15) is 136 Å². The van der Waals surface area contributed by atoms with Crippen molar-refractivity contribution in [1.82, 2.24) is 0 Å². The Morgan fingerprint density at radius 1 is 0.543 bits per heavy atom. The minimum Gasteiger partial charge on any atom is -0.0851 e. The van der Waals surface area contributed by atoms with Gasteiger partial charge < -0.3 is 0 Å². The van der Waals surface area contributed by atoms with Crippen LogP contribution in [0.15, 0.2) is 36.5 Å². The van der Waals surface area contributed by atoms with E-state index in [-0.39, 0.29) is 0 Å². The number of hydrogen-bond donors (Lipinski definition) is 0. The van der Waals surface area contributed by atoms with Crippen LogP contribution in [0.4, 0.5) is 0 Å². The molecule has 0 heteroatoms. The molecule has 4 aliphatic rings. The molecule has 2 unspecified atom stereocenters. The van der Waals surface area contributed by atoms with Gasteiger partial charge in [-0.3, -0.25) is 0 Å². The Balaban J connectivity index is 1.11. The van der Waals surface area contributed by atoms with Gasteiger partial charge in [0.2, 0.25) is 0 Å². The maximum atomic E-state index is 2.64. The SMILES string of the molecule is CCCCCC1CCC(C=CC2C=CC(C3CCC(C=CC4CCC(CC)CC4)CC3)CC2)CC1. The molecule has 0 aromatic heterocycles. The Hall–Kier alpha value is -0.780. The monoisotopic (exact) mass is 478 g/mol. The predicted octanol–water partition coefficient (Wildman–Crippen LogP) is 11.1. The fourth-order valence-corrected chi connectivity index (χ4v) is 7.94. The summed E-state index contributed by atoms with van der Waals surface area (Å²) in [5.41, 5.74) is 0. The van der Waals surface area contributed by atoms with Gasteiger partial charge in [-0.15, -0.1) is 0 Å². The fraction of sp³-hybridized carbons (Fsp3) is 0.829. The second kappa shape index (κ2) is 14.8. The minimum absolute atomic E-state index is 0.718. The summed E-state index contributed by atoms with van der Waals surface area (Å²) in [6, 6.07) is 0. The van der Waals surface area contributed by atoms with Gasteiger partial charge >= 0.3 is 0 Å². The summed E-state index contributed by atoms with van der Waals surface area (Å²) < 4.78 is 0. The molecular weight excluding hydrogens is 420 g/mol. The fourth-order valence-electron chi connectivity index (χ4n) is 7.94. The lowest BCUT2D eigenvalue weighted by Gasteiger charge is -2.34. The van der Waals surface area contributed by atoms with E-state index in [1.165, 1.54) is 122 Å². The molecule has 0 aliphatic heterocycles. The van der Waals surface area contributed by atoms with E-state index < -0.39 is 0 Å². The Morgan fingerprint density at radius 3 is 1.66 bits per heavy atom. The third-order valence-corrected chi connectivity index (χ3v) is 10.7. The zero-order valence-corrected chi connectivity index (χ0v) is 23.5. The normalized spacial score (nSPS) is 38.9. The van der Waals surface area contributed by atoms with E-state index in [9.17, 15) is 0 Å². The lowest BCUT2D eigenvalue weighted by atomic mass is 9.71. The molecule has 4 aliphatic carbocycles. The third-order valence-electron chi connectivity index (χ3n) is 10.7. The summed E-state index contributed by atoms with van der Waals surface area (Å²) in [7, 11) is 0. The molecule has 4 rings (SSSR count). The van der Waals surface area contributed by atoms with Crippen LogP contribution in [-0.2, 0) is 0 Å². The molecule has 2 atom stereocenters. The molecule has 0 saturated heterocycles. The zero-order valence-electron chi connectivity index (χ0n) is 23.5. The molecule has 198 valence electrons. The molecule has 0 spiro atoms. The maximum Gasteiger partial charge on any atom is -0.00531 e. The highest BCUT2D eigenvalue weighted by atomic mass is 14.3.